The predicted octanol–water partition coefficient (Wildman–Crippen LogP) is 16.8. The molecule has 0 amide bonds. The highest BCUT2D eigenvalue weighted by Gasteiger charge is 2.22. The maximum atomic E-state index is 6.56. The Morgan fingerprint density at radius 3 is 1.68 bits per heavy atom. The molecular weight excluding hydrogens is 765 g/mol. The van der Waals surface area contributed by atoms with Gasteiger partial charge in [0.25, 0.3) is 0 Å². The maximum Gasteiger partial charge on any atom is 0.143 e. The minimum atomic E-state index is 0.895. The van der Waals surface area contributed by atoms with Crippen molar-refractivity contribution in [2.24, 2.45) is 0 Å². The van der Waals surface area contributed by atoms with Gasteiger partial charge in [-0.3, -0.25) is 0 Å². The van der Waals surface area contributed by atoms with E-state index in [1.54, 1.807) is 0 Å². The van der Waals surface area contributed by atoms with E-state index in [-0.39, 0.29) is 0 Å². The van der Waals surface area contributed by atoms with Crippen molar-refractivity contribution < 1.29 is 4.42 Å². The Balaban J connectivity index is 1.06. The monoisotopic (exact) mass is 804 g/mol. The highest BCUT2D eigenvalue weighted by Crippen LogP contribution is 2.46. The maximum absolute atomic E-state index is 6.56. The standard InChI is InChI=1S/C60H40N2O/c1-4-18-41(19-5-1)48-26-10-11-27-49(48)43-22-16-25-46(38-43)62-56-32-14-12-28-51(56)52-36-35-47(40-58(52)62)61(45-23-8-3-9-24-45)57-37-34-44(39-55(57)42-20-6-2-7-21-42)50-30-17-31-54-53-29-13-15-33-59(53)63-60(50)54/h1-40H. The van der Waals surface area contributed by atoms with Gasteiger partial charge in [-0.25, -0.2) is 0 Å². The number of benzene rings is 10. The molecule has 0 atom stereocenters. The molecule has 0 unspecified atom stereocenters. The molecule has 10 aromatic carbocycles. The topological polar surface area (TPSA) is 21.3 Å². The first-order valence-corrected chi connectivity index (χ1v) is 21.5. The third kappa shape index (κ3) is 6.29. The van der Waals surface area contributed by atoms with Gasteiger partial charge >= 0.3 is 0 Å². The zero-order valence-corrected chi connectivity index (χ0v) is 34.4. The van der Waals surface area contributed by atoms with Crippen LogP contribution in [0.15, 0.2) is 247 Å². The number of para-hydroxylation sites is 4. The molecule has 0 spiro atoms. The van der Waals surface area contributed by atoms with E-state index < -0.39 is 0 Å². The summed E-state index contributed by atoms with van der Waals surface area (Å²) in [5.41, 5.74) is 17.6. The van der Waals surface area contributed by atoms with Gasteiger partial charge in [-0.2, -0.15) is 0 Å². The summed E-state index contributed by atoms with van der Waals surface area (Å²) in [4.78, 5) is 2.40. The summed E-state index contributed by atoms with van der Waals surface area (Å²) in [6.07, 6.45) is 0. The second-order valence-corrected chi connectivity index (χ2v) is 16.1. The van der Waals surface area contributed by atoms with E-state index in [0.29, 0.717) is 0 Å². The van der Waals surface area contributed by atoms with E-state index >= 15 is 0 Å². The van der Waals surface area contributed by atoms with Crippen LogP contribution in [0.25, 0.3) is 93.9 Å². The number of nitrogens with zero attached hydrogens (tertiary/aromatic N) is 2. The molecule has 0 fully saturated rings. The van der Waals surface area contributed by atoms with Gasteiger partial charge in [-0.1, -0.05) is 182 Å². The fourth-order valence-corrected chi connectivity index (χ4v) is 9.52. The van der Waals surface area contributed by atoms with Gasteiger partial charge < -0.3 is 13.9 Å². The van der Waals surface area contributed by atoms with Gasteiger partial charge in [-0.05, 0) is 94.0 Å². The van der Waals surface area contributed by atoms with Crippen LogP contribution in [0.4, 0.5) is 17.1 Å². The first-order chi connectivity index (χ1) is 31.3. The van der Waals surface area contributed by atoms with Crippen LogP contribution >= 0.6 is 0 Å². The van der Waals surface area contributed by atoms with Crippen molar-refractivity contribution in [3.8, 4) is 50.2 Å². The molecule has 12 aromatic rings. The molecule has 0 bridgehead atoms. The zero-order valence-electron chi connectivity index (χ0n) is 34.4. The summed E-state index contributed by atoms with van der Waals surface area (Å²) < 4.78 is 8.99. The van der Waals surface area contributed by atoms with Crippen LogP contribution < -0.4 is 4.90 Å². The Morgan fingerprint density at radius 2 is 0.889 bits per heavy atom. The minimum absolute atomic E-state index is 0.895. The minimum Gasteiger partial charge on any atom is -0.455 e. The van der Waals surface area contributed by atoms with Crippen molar-refractivity contribution in [1.82, 2.24) is 4.57 Å². The summed E-state index contributed by atoms with van der Waals surface area (Å²) >= 11 is 0. The third-order valence-corrected chi connectivity index (χ3v) is 12.4. The number of hydrogen-bond acceptors (Lipinski definition) is 2. The van der Waals surface area contributed by atoms with E-state index in [1.165, 1.54) is 38.5 Å². The largest absolute Gasteiger partial charge is 0.455 e. The van der Waals surface area contributed by atoms with Crippen LogP contribution in [0.2, 0.25) is 0 Å². The summed E-state index contributed by atoms with van der Waals surface area (Å²) in [6, 6.07) is 87.1. The highest BCUT2D eigenvalue weighted by atomic mass is 16.3. The second-order valence-electron chi connectivity index (χ2n) is 16.1. The van der Waals surface area contributed by atoms with Crippen molar-refractivity contribution in [3.63, 3.8) is 0 Å². The van der Waals surface area contributed by atoms with E-state index in [0.717, 1.165) is 72.5 Å². The lowest BCUT2D eigenvalue weighted by Crippen LogP contribution is -2.11. The molecule has 12 rings (SSSR count). The number of anilines is 3. The van der Waals surface area contributed by atoms with Crippen molar-refractivity contribution >= 4 is 60.8 Å². The molecule has 3 nitrogen and oxygen atoms in total. The van der Waals surface area contributed by atoms with Crippen LogP contribution in [-0.4, -0.2) is 4.57 Å². The van der Waals surface area contributed by atoms with Gasteiger partial charge in [0, 0.05) is 49.7 Å². The Bertz CT molecular complexity index is 3620. The molecule has 296 valence electrons. The number of furan rings is 1. The van der Waals surface area contributed by atoms with Crippen LogP contribution in [0, 0.1) is 0 Å². The smallest absolute Gasteiger partial charge is 0.143 e. The van der Waals surface area contributed by atoms with Crippen LogP contribution in [-0.2, 0) is 0 Å². The van der Waals surface area contributed by atoms with Gasteiger partial charge in [0.1, 0.15) is 11.2 Å². The van der Waals surface area contributed by atoms with Gasteiger partial charge in [0.2, 0.25) is 0 Å². The molecule has 0 N–H and O–H groups in total. The Labute approximate surface area is 366 Å². The van der Waals surface area contributed by atoms with Crippen molar-refractivity contribution in [3.05, 3.63) is 243 Å². The normalized spacial score (nSPS) is 11.5. The predicted molar refractivity (Wildman–Crippen MR) is 264 cm³/mol. The number of aromatic nitrogens is 1. The lowest BCUT2D eigenvalue weighted by atomic mass is 9.94. The molecule has 2 heterocycles. The van der Waals surface area contributed by atoms with Crippen molar-refractivity contribution in [2.75, 3.05) is 4.90 Å². The fourth-order valence-electron chi connectivity index (χ4n) is 9.52. The molecule has 0 saturated carbocycles. The molecule has 0 saturated heterocycles. The lowest BCUT2D eigenvalue weighted by molar-refractivity contribution is 0.670. The second kappa shape index (κ2) is 15.3. The summed E-state index contributed by atoms with van der Waals surface area (Å²) in [6.45, 7) is 0. The SMILES string of the molecule is c1ccc(-c2ccccc2-c2cccc(-n3c4ccccc4c4ccc(N(c5ccccc5)c5ccc(-c6cccc7c6oc6ccccc67)cc5-c5ccccc5)cc43)c2)cc1. The average molecular weight is 805 g/mol. The summed E-state index contributed by atoms with van der Waals surface area (Å²) in [7, 11) is 0. The van der Waals surface area contributed by atoms with Crippen LogP contribution in [0.5, 0.6) is 0 Å². The molecule has 0 aliphatic carbocycles. The van der Waals surface area contributed by atoms with Gasteiger partial charge in [0.15, 0.2) is 0 Å². The van der Waals surface area contributed by atoms with Crippen LogP contribution in [0.1, 0.15) is 0 Å². The molecule has 0 radical (unpaired) electrons. The molecule has 3 heteroatoms. The summed E-state index contributed by atoms with van der Waals surface area (Å²) in [5.74, 6) is 0. The van der Waals surface area contributed by atoms with Gasteiger partial charge in [-0.15, -0.1) is 0 Å². The van der Waals surface area contributed by atoms with E-state index in [1.807, 2.05) is 12.1 Å². The third-order valence-electron chi connectivity index (χ3n) is 12.4. The molecule has 63 heavy (non-hydrogen) atoms. The van der Waals surface area contributed by atoms with Gasteiger partial charge in [0.05, 0.1) is 16.7 Å². The first kappa shape index (κ1) is 36.5. The average Bonchev–Trinajstić information content (AvgIpc) is 3.91. The Kier molecular flexibility index (Phi) is 8.83. The molecule has 0 aliphatic rings. The number of rotatable bonds is 8. The number of hydrogen-bond donors (Lipinski definition) is 0. The van der Waals surface area contributed by atoms with Crippen molar-refractivity contribution in [1.29, 1.82) is 0 Å². The highest BCUT2D eigenvalue weighted by molar-refractivity contribution is 6.12. The summed E-state index contributed by atoms with van der Waals surface area (Å²) in [5, 5.41) is 4.67. The molecule has 0 aliphatic heterocycles. The van der Waals surface area contributed by atoms with E-state index in [4.69, 9.17) is 4.42 Å². The quantitative estimate of drug-likeness (QED) is 0.153. The van der Waals surface area contributed by atoms with Crippen LogP contribution in [0.3, 0.4) is 0 Å². The fraction of sp³-hybridized carbons (Fsp3) is 0. The Morgan fingerprint density at radius 1 is 0.317 bits per heavy atom. The van der Waals surface area contributed by atoms with E-state index in [2.05, 4.69) is 240 Å². The number of fused-ring (bicyclic) bond motifs is 6. The van der Waals surface area contributed by atoms with E-state index in [9.17, 15) is 0 Å². The lowest BCUT2D eigenvalue weighted by Gasteiger charge is -2.28. The Hall–Kier alpha value is -8.40. The first-order valence-electron chi connectivity index (χ1n) is 21.5. The molecular formula is C60H40N2O. The molecule has 2 aromatic heterocycles. The van der Waals surface area contributed by atoms with Crippen molar-refractivity contribution in [2.45, 2.75) is 0 Å². The zero-order chi connectivity index (χ0) is 41.7.